The van der Waals surface area contributed by atoms with Crippen LogP contribution in [0.2, 0.25) is 0 Å². The van der Waals surface area contributed by atoms with E-state index < -0.39 is 0 Å². The Labute approximate surface area is 103 Å². The van der Waals surface area contributed by atoms with Crippen molar-refractivity contribution in [3.05, 3.63) is 35.9 Å². The van der Waals surface area contributed by atoms with Gasteiger partial charge in [-0.15, -0.1) is 0 Å². The fourth-order valence-electron chi connectivity index (χ4n) is 1.74. The van der Waals surface area contributed by atoms with Gasteiger partial charge in [0.2, 0.25) is 5.91 Å². The van der Waals surface area contributed by atoms with Crippen LogP contribution in [0.25, 0.3) is 0 Å². The van der Waals surface area contributed by atoms with Gasteiger partial charge in [0, 0.05) is 6.42 Å². The molecule has 0 unspecified atom stereocenters. The van der Waals surface area contributed by atoms with Crippen molar-refractivity contribution in [1.82, 2.24) is 5.32 Å². The molecule has 0 spiro atoms. The number of hydrogen-bond acceptors (Lipinski definition) is 2. The number of unbranched alkanes of at least 4 members (excludes halogenated alkanes) is 1. The van der Waals surface area contributed by atoms with Crippen LogP contribution in [0.4, 0.5) is 0 Å². The summed E-state index contributed by atoms with van der Waals surface area (Å²) in [5.41, 5.74) is 6.46. The van der Waals surface area contributed by atoms with Gasteiger partial charge in [0.25, 0.3) is 0 Å². The van der Waals surface area contributed by atoms with Gasteiger partial charge < -0.3 is 11.1 Å². The van der Waals surface area contributed by atoms with Crippen LogP contribution < -0.4 is 11.1 Å². The second-order valence-electron chi connectivity index (χ2n) is 4.26. The first-order valence-corrected chi connectivity index (χ1v) is 6.32. The van der Waals surface area contributed by atoms with Crippen LogP contribution >= 0.6 is 0 Å². The summed E-state index contributed by atoms with van der Waals surface area (Å²) < 4.78 is 0. The van der Waals surface area contributed by atoms with Crippen LogP contribution in [0.15, 0.2) is 30.3 Å². The third-order valence-corrected chi connectivity index (χ3v) is 2.69. The zero-order chi connectivity index (χ0) is 12.3. The molecule has 0 saturated heterocycles. The molecular weight excluding hydrogens is 212 g/mol. The minimum absolute atomic E-state index is 0.212. The van der Waals surface area contributed by atoms with Crippen LogP contribution in [-0.4, -0.2) is 19.0 Å². The van der Waals surface area contributed by atoms with E-state index in [9.17, 15) is 4.79 Å². The van der Waals surface area contributed by atoms with E-state index >= 15 is 0 Å². The number of hydrogen-bond donors (Lipinski definition) is 2. The molecule has 0 radical (unpaired) electrons. The Bertz CT molecular complexity index is 311. The van der Waals surface area contributed by atoms with Crippen LogP contribution in [-0.2, 0) is 11.2 Å². The van der Waals surface area contributed by atoms with Crippen LogP contribution in [0.1, 0.15) is 31.2 Å². The fourth-order valence-corrected chi connectivity index (χ4v) is 1.74. The van der Waals surface area contributed by atoms with Crippen LogP contribution in [0.3, 0.4) is 0 Å². The SMILES string of the molecule is NC(=O)CCCNCCCCc1ccccc1. The van der Waals surface area contributed by atoms with Crippen molar-refractivity contribution in [2.75, 3.05) is 13.1 Å². The molecule has 17 heavy (non-hydrogen) atoms. The Morgan fingerprint density at radius 1 is 1.06 bits per heavy atom. The zero-order valence-electron chi connectivity index (χ0n) is 10.3. The number of carbonyl (C=O) groups excluding carboxylic acids is 1. The van der Waals surface area contributed by atoms with Gasteiger partial charge in [-0.1, -0.05) is 30.3 Å². The maximum atomic E-state index is 10.5. The molecule has 0 aliphatic carbocycles. The van der Waals surface area contributed by atoms with Crippen LogP contribution in [0.5, 0.6) is 0 Å². The van der Waals surface area contributed by atoms with E-state index in [0.29, 0.717) is 6.42 Å². The standard InChI is InChI=1S/C14H22N2O/c15-14(17)10-6-12-16-11-5-4-9-13-7-2-1-3-8-13/h1-3,7-8,16H,4-6,9-12H2,(H2,15,17). The normalized spacial score (nSPS) is 10.4. The number of aryl methyl sites for hydroxylation is 1. The second kappa shape index (κ2) is 8.76. The van der Waals surface area contributed by atoms with Gasteiger partial charge in [0.15, 0.2) is 0 Å². The molecule has 1 rings (SSSR count). The molecule has 0 aromatic heterocycles. The van der Waals surface area contributed by atoms with Crippen molar-refractivity contribution in [3.63, 3.8) is 0 Å². The van der Waals surface area contributed by atoms with Crippen molar-refractivity contribution in [1.29, 1.82) is 0 Å². The maximum absolute atomic E-state index is 10.5. The average molecular weight is 234 g/mol. The van der Waals surface area contributed by atoms with Gasteiger partial charge in [-0.25, -0.2) is 0 Å². The number of nitrogens with two attached hydrogens (primary N) is 1. The Kier molecular flexibility index (Phi) is 7.07. The summed E-state index contributed by atoms with van der Waals surface area (Å²) in [7, 11) is 0. The summed E-state index contributed by atoms with van der Waals surface area (Å²) in [6, 6.07) is 10.5. The second-order valence-corrected chi connectivity index (χ2v) is 4.26. The molecule has 0 aliphatic heterocycles. The highest BCUT2D eigenvalue weighted by atomic mass is 16.1. The third kappa shape index (κ3) is 7.53. The molecule has 0 atom stereocenters. The van der Waals surface area contributed by atoms with E-state index in [-0.39, 0.29) is 5.91 Å². The highest BCUT2D eigenvalue weighted by Gasteiger charge is 1.94. The molecule has 1 amide bonds. The van der Waals surface area contributed by atoms with E-state index in [1.807, 2.05) is 6.07 Å². The smallest absolute Gasteiger partial charge is 0.217 e. The predicted molar refractivity (Wildman–Crippen MR) is 70.7 cm³/mol. The molecule has 3 N–H and O–H groups in total. The lowest BCUT2D eigenvalue weighted by molar-refractivity contribution is -0.118. The number of primary amides is 1. The Morgan fingerprint density at radius 3 is 2.47 bits per heavy atom. The average Bonchev–Trinajstić information content (AvgIpc) is 2.33. The molecule has 0 heterocycles. The molecule has 1 aromatic carbocycles. The zero-order valence-corrected chi connectivity index (χ0v) is 10.3. The number of carbonyl (C=O) groups is 1. The van der Waals surface area contributed by atoms with Crippen molar-refractivity contribution in [2.24, 2.45) is 5.73 Å². The summed E-state index contributed by atoms with van der Waals surface area (Å²) in [5, 5.41) is 3.32. The Morgan fingerprint density at radius 2 is 1.76 bits per heavy atom. The summed E-state index contributed by atoms with van der Waals surface area (Å²) in [6.07, 6.45) is 4.84. The summed E-state index contributed by atoms with van der Waals surface area (Å²) >= 11 is 0. The van der Waals surface area contributed by atoms with Crippen LogP contribution in [0, 0.1) is 0 Å². The number of benzene rings is 1. The largest absolute Gasteiger partial charge is 0.370 e. The first-order chi connectivity index (χ1) is 8.29. The number of rotatable bonds is 9. The Balaban J connectivity index is 1.90. The first kappa shape index (κ1) is 13.7. The van der Waals surface area contributed by atoms with E-state index in [2.05, 4.69) is 29.6 Å². The number of amides is 1. The van der Waals surface area contributed by atoms with Gasteiger partial charge in [-0.2, -0.15) is 0 Å². The van der Waals surface area contributed by atoms with E-state index in [1.54, 1.807) is 0 Å². The van der Waals surface area contributed by atoms with Gasteiger partial charge in [-0.05, 0) is 44.3 Å². The quantitative estimate of drug-likeness (QED) is 0.641. The summed E-state index contributed by atoms with van der Waals surface area (Å²) in [6.45, 7) is 1.90. The van der Waals surface area contributed by atoms with E-state index in [0.717, 1.165) is 25.9 Å². The molecule has 0 bridgehead atoms. The van der Waals surface area contributed by atoms with Gasteiger partial charge in [0.05, 0.1) is 0 Å². The molecule has 94 valence electrons. The van der Waals surface area contributed by atoms with E-state index in [4.69, 9.17) is 5.73 Å². The molecule has 3 heteroatoms. The van der Waals surface area contributed by atoms with Gasteiger partial charge >= 0.3 is 0 Å². The molecule has 0 saturated carbocycles. The monoisotopic (exact) mass is 234 g/mol. The third-order valence-electron chi connectivity index (χ3n) is 2.69. The molecular formula is C14H22N2O. The highest BCUT2D eigenvalue weighted by Crippen LogP contribution is 2.03. The Hall–Kier alpha value is -1.35. The minimum atomic E-state index is -0.212. The van der Waals surface area contributed by atoms with Crippen molar-refractivity contribution < 1.29 is 4.79 Å². The van der Waals surface area contributed by atoms with Gasteiger partial charge in [-0.3, -0.25) is 4.79 Å². The maximum Gasteiger partial charge on any atom is 0.217 e. The molecule has 1 aromatic rings. The van der Waals surface area contributed by atoms with Crippen molar-refractivity contribution >= 4 is 5.91 Å². The van der Waals surface area contributed by atoms with E-state index in [1.165, 1.54) is 18.4 Å². The summed E-state index contributed by atoms with van der Waals surface area (Å²) in [4.78, 5) is 10.5. The van der Waals surface area contributed by atoms with Crippen molar-refractivity contribution in [3.8, 4) is 0 Å². The first-order valence-electron chi connectivity index (χ1n) is 6.32. The number of nitrogens with one attached hydrogen (secondary N) is 1. The summed E-state index contributed by atoms with van der Waals surface area (Å²) in [5.74, 6) is -0.212. The lowest BCUT2D eigenvalue weighted by atomic mass is 10.1. The molecule has 0 fully saturated rings. The molecule has 3 nitrogen and oxygen atoms in total. The lowest BCUT2D eigenvalue weighted by Crippen LogP contribution is -2.19. The topological polar surface area (TPSA) is 55.1 Å². The lowest BCUT2D eigenvalue weighted by Gasteiger charge is -2.04. The van der Waals surface area contributed by atoms with Gasteiger partial charge in [0.1, 0.15) is 0 Å². The highest BCUT2D eigenvalue weighted by molar-refractivity contribution is 5.73. The van der Waals surface area contributed by atoms with Crippen molar-refractivity contribution in [2.45, 2.75) is 32.1 Å². The fraction of sp³-hybridized carbons (Fsp3) is 0.500. The predicted octanol–water partition coefficient (Wildman–Crippen LogP) is 1.86. The minimum Gasteiger partial charge on any atom is -0.370 e. The molecule has 0 aliphatic rings.